The normalized spacial score (nSPS) is 16.2. The van der Waals surface area contributed by atoms with Gasteiger partial charge in [0.15, 0.2) is 0 Å². The minimum atomic E-state index is -1.08. The molecule has 3 amide bonds. The maximum atomic E-state index is 11.0. The van der Waals surface area contributed by atoms with Crippen molar-refractivity contribution in [2.24, 2.45) is 17.4 Å². The van der Waals surface area contributed by atoms with Gasteiger partial charge < -0.3 is 27.2 Å². The minimum Gasteiger partial charge on any atom is -0.477 e. The average Bonchev–Trinajstić information content (AvgIpc) is 3.25. The summed E-state index contributed by atoms with van der Waals surface area (Å²) in [5.41, 5.74) is 11.1. The number of hydrogen-bond donors (Lipinski definition) is 5. The van der Waals surface area contributed by atoms with Crippen LogP contribution in [-0.2, 0) is 4.79 Å². The van der Waals surface area contributed by atoms with Crippen LogP contribution in [0.1, 0.15) is 22.5 Å². The molecule has 0 spiro atoms. The molecule has 2 aromatic heterocycles. The van der Waals surface area contributed by atoms with Crippen LogP contribution in [0, 0.1) is 5.92 Å². The van der Waals surface area contributed by atoms with Crippen LogP contribution in [0.5, 0.6) is 0 Å². The van der Waals surface area contributed by atoms with Crippen LogP contribution in [0.4, 0.5) is 10.5 Å². The third-order valence-corrected chi connectivity index (χ3v) is 5.59. The summed E-state index contributed by atoms with van der Waals surface area (Å²) in [5, 5.41) is 18.1. The van der Waals surface area contributed by atoms with Gasteiger partial charge in [-0.25, -0.2) is 9.59 Å². The first-order valence-electron chi connectivity index (χ1n) is 7.85. The number of nitrogens with one attached hydrogen (secondary N) is 2. The summed E-state index contributed by atoms with van der Waals surface area (Å²) >= 11 is 2.53. The van der Waals surface area contributed by atoms with E-state index in [4.69, 9.17) is 16.6 Å². The Morgan fingerprint density at radius 1 is 1.27 bits per heavy atom. The monoisotopic (exact) mass is 396 g/mol. The quantitative estimate of drug-likeness (QED) is 0.537. The SMILES string of the molecule is NC(=O)Nc1c(-c2cccs2)csc1C(=O)O.NC(=O)[C@H]1CCCNC1. The van der Waals surface area contributed by atoms with E-state index in [0.717, 1.165) is 42.1 Å². The van der Waals surface area contributed by atoms with Crippen molar-refractivity contribution in [2.75, 3.05) is 18.4 Å². The molecule has 7 N–H and O–H groups in total. The van der Waals surface area contributed by atoms with Gasteiger partial charge in [0.1, 0.15) is 4.88 Å². The third-order valence-electron chi connectivity index (χ3n) is 3.72. The standard InChI is InChI=1S/C10H8N2O3S2.C6H12N2O/c11-10(15)12-7-5(6-2-1-3-16-6)4-17-8(7)9(13)14;7-6(9)5-2-1-3-8-4-5/h1-4H,(H,13,14)(H3,11,12,15);5,8H,1-4H2,(H2,7,9)/t;5-/m.0/s1. The molecule has 0 aromatic carbocycles. The number of hydrogen-bond acceptors (Lipinski definition) is 6. The molecule has 8 nitrogen and oxygen atoms in total. The van der Waals surface area contributed by atoms with Gasteiger partial charge in [0.05, 0.1) is 11.6 Å². The van der Waals surface area contributed by atoms with E-state index in [0.29, 0.717) is 5.56 Å². The zero-order chi connectivity index (χ0) is 19.1. The highest BCUT2D eigenvalue weighted by molar-refractivity contribution is 7.15. The Balaban J connectivity index is 0.000000228. The molecule has 10 heteroatoms. The van der Waals surface area contributed by atoms with E-state index in [9.17, 15) is 14.4 Å². The van der Waals surface area contributed by atoms with Gasteiger partial charge in [-0.2, -0.15) is 0 Å². The van der Waals surface area contributed by atoms with Gasteiger partial charge >= 0.3 is 12.0 Å². The molecule has 0 unspecified atom stereocenters. The fraction of sp³-hybridized carbons (Fsp3) is 0.312. The van der Waals surface area contributed by atoms with Crippen molar-refractivity contribution in [1.29, 1.82) is 0 Å². The Labute approximate surface area is 158 Å². The van der Waals surface area contributed by atoms with E-state index in [2.05, 4.69) is 10.6 Å². The fourth-order valence-corrected chi connectivity index (χ4v) is 4.15. The molecule has 0 aliphatic carbocycles. The van der Waals surface area contributed by atoms with Crippen LogP contribution < -0.4 is 22.1 Å². The van der Waals surface area contributed by atoms with Crippen molar-refractivity contribution in [1.82, 2.24) is 5.32 Å². The molecule has 26 heavy (non-hydrogen) atoms. The highest BCUT2D eigenvalue weighted by Crippen LogP contribution is 2.38. The number of carboxylic acids is 1. The molecule has 3 heterocycles. The van der Waals surface area contributed by atoms with E-state index in [1.54, 1.807) is 5.38 Å². The summed E-state index contributed by atoms with van der Waals surface area (Å²) in [7, 11) is 0. The molecule has 3 rings (SSSR count). The highest BCUT2D eigenvalue weighted by atomic mass is 32.1. The smallest absolute Gasteiger partial charge is 0.348 e. The van der Waals surface area contributed by atoms with Gasteiger partial charge in [0.2, 0.25) is 5.91 Å². The summed E-state index contributed by atoms with van der Waals surface area (Å²) < 4.78 is 0. The second-order valence-corrected chi connectivity index (χ2v) is 7.40. The van der Waals surface area contributed by atoms with E-state index < -0.39 is 12.0 Å². The second kappa shape index (κ2) is 9.32. The van der Waals surface area contributed by atoms with E-state index >= 15 is 0 Å². The summed E-state index contributed by atoms with van der Waals surface area (Å²) in [6, 6.07) is 2.93. The van der Waals surface area contributed by atoms with Crippen molar-refractivity contribution >= 4 is 46.3 Å². The zero-order valence-corrected chi connectivity index (χ0v) is 15.5. The zero-order valence-electron chi connectivity index (χ0n) is 13.9. The van der Waals surface area contributed by atoms with Crippen LogP contribution in [0.15, 0.2) is 22.9 Å². The Kier molecular flexibility index (Phi) is 7.13. The Morgan fingerprint density at radius 2 is 2.04 bits per heavy atom. The highest BCUT2D eigenvalue weighted by Gasteiger charge is 2.20. The predicted octanol–water partition coefficient (Wildman–Crippen LogP) is 2.14. The number of carbonyl (C=O) groups excluding carboxylic acids is 2. The summed E-state index contributed by atoms with van der Waals surface area (Å²) in [4.78, 5) is 33.4. The lowest BCUT2D eigenvalue weighted by atomic mass is 9.99. The first-order valence-corrected chi connectivity index (χ1v) is 9.61. The van der Waals surface area contributed by atoms with Gasteiger partial charge in [-0.15, -0.1) is 22.7 Å². The maximum absolute atomic E-state index is 11.0. The van der Waals surface area contributed by atoms with Crippen molar-refractivity contribution < 1.29 is 19.5 Å². The average molecular weight is 396 g/mol. The Bertz CT molecular complexity index is 767. The molecular formula is C16H20N4O4S2. The molecule has 1 aliphatic heterocycles. The number of thiophene rings is 2. The Morgan fingerprint density at radius 3 is 2.50 bits per heavy atom. The second-order valence-electron chi connectivity index (χ2n) is 5.57. The lowest BCUT2D eigenvalue weighted by molar-refractivity contribution is -0.122. The van der Waals surface area contributed by atoms with Gasteiger partial charge in [-0.05, 0) is 30.8 Å². The summed E-state index contributed by atoms with van der Waals surface area (Å²) in [5.74, 6) is -1.16. The number of piperidine rings is 1. The van der Waals surface area contributed by atoms with Crippen molar-refractivity contribution in [3.05, 3.63) is 27.8 Å². The molecule has 140 valence electrons. The lowest BCUT2D eigenvalue weighted by Gasteiger charge is -2.18. The number of aromatic carboxylic acids is 1. The molecule has 0 radical (unpaired) electrons. The van der Waals surface area contributed by atoms with Crippen LogP contribution in [0.2, 0.25) is 0 Å². The molecule has 1 atom stereocenters. The largest absolute Gasteiger partial charge is 0.477 e. The fourth-order valence-electron chi connectivity index (χ4n) is 2.47. The molecule has 1 saturated heterocycles. The van der Waals surface area contributed by atoms with Crippen molar-refractivity contribution in [3.8, 4) is 10.4 Å². The van der Waals surface area contributed by atoms with Gasteiger partial charge in [0.25, 0.3) is 0 Å². The number of carbonyl (C=O) groups is 3. The first kappa shape index (κ1) is 19.9. The number of anilines is 1. The van der Waals surface area contributed by atoms with Crippen molar-refractivity contribution in [2.45, 2.75) is 12.8 Å². The predicted molar refractivity (Wildman–Crippen MR) is 103 cm³/mol. The third kappa shape index (κ3) is 5.28. The number of carboxylic acid groups (broad SMARTS) is 1. The van der Waals surface area contributed by atoms with Gasteiger partial charge in [0, 0.05) is 22.4 Å². The number of amides is 3. The topological polar surface area (TPSA) is 148 Å². The number of primary amides is 2. The number of rotatable bonds is 4. The molecule has 1 fully saturated rings. The first-order chi connectivity index (χ1) is 12.4. The van der Waals surface area contributed by atoms with E-state index in [1.165, 1.54) is 11.3 Å². The van der Waals surface area contributed by atoms with Crippen LogP contribution in [0.25, 0.3) is 10.4 Å². The van der Waals surface area contributed by atoms with Crippen LogP contribution >= 0.6 is 22.7 Å². The summed E-state index contributed by atoms with van der Waals surface area (Å²) in [6.07, 6.45) is 2.04. The van der Waals surface area contributed by atoms with Gasteiger partial charge in [-0.1, -0.05) is 6.07 Å². The minimum absolute atomic E-state index is 0.0761. The molecule has 1 aliphatic rings. The lowest BCUT2D eigenvalue weighted by Crippen LogP contribution is -2.37. The molecule has 2 aromatic rings. The Hall–Kier alpha value is -2.43. The van der Waals surface area contributed by atoms with E-state index in [1.807, 2.05) is 17.5 Å². The molecule has 0 bridgehead atoms. The van der Waals surface area contributed by atoms with Crippen LogP contribution in [0.3, 0.4) is 0 Å². The van der Waals surface area contributed by atoms with Crippen LogP contribution in [-0.4, -0.2) is 36.1 Å². The molecular weight excluding hydrogens is 376 g/mol. The number of urea groups is 1. The van der Waals surface area contributed by atoms with Crippen molar-refractivity contribution in [3.63, 3.8) is 0 Å². The summed E-state index contributed by atoms with van der Waals surface area (Å²) in [6.45, 7) is 1.80. The maximum Gasteiger partial charge on any atom is 0.348 e. The van der Waals surface area contributed by atoms with E-state index in [-0.39, 0.29) is 22.4 Å². The molecule has 0 saturated carbocycles. The number of nitrogens with two attached hydrogens (primary N) is 2. The van der Waals surface area contributed by atoms with Gasteiger partial charge in [-0.3, -0.25) is 4.79 Å².